The van der Waals surface area contributed by atoms with Gasteiger partial charge in [0.25, 0.3) is 0 Å². The quantitative estimate of drug-likeness (QED) is 0.739. The highest BCUT2D eigenvalue weighted by molar-refractivity contribution is 7.10. The van der Waals surface area contributed by atoms with Gasteiger partial charge in [0.05, 0.1) is 7.11 Å². The van der Waals surface area contributed by atoms with Crippen LogP contribution in [0.1, 0.15) is 49.6 Å². The second kappa shape index (κ2) is 8.70. The number of carbonyl (C=O) groups excluding carboxylic acids is 2. The van der Waals surface area contributed by atoms with E-state index in [2.05, 4.69) is 13.8 Å². The van der Waals surface area contributed by atoms with E-state index in [1.54, 1.807) is 23.3 Å². The molecule has 0 aliphatic carbocycles. The van der Waals surface area contributed by atoms with Crippen molar-refractivity contribution in [3.05, 3.63) is 52.2 Å². The third kappa shape index (κ3) is 4.41. The van der Waals surface area contributed by atoms with Crippen molar-refractivity contribution >= 4 is 23.0 Å². The molecule has 144 valence electrons. The zero-order valence-corrected chi connectivity index (χ0v) is 17.0. The molecule has 1 aliphatic heterocycles. The molecule has 1 saturated heterocycles. The van der Waals surface area contributed by atoms with Crippen molar-refractivity contribution in [3.8, 4) is 5.75 Å². The summed E-state index contributed by atoms with van der Waals surface area (Å²) in [6.07, 6.45) is 2.09. The summed E-state index contributed by atoms with van der Waals surface area (Å²) in [6.45, 7) is 4.62. The van der Waals surface area contributed by atoms with Crippen molar-refractivity contribution in [1.82, 2.24) is 4.90 Å². The van der Waals surface area contributed by atoms with E-state index in [1.807, 2.05) is 41.8 Å². The highest BCUT2D eigenvalue weighted by Crippen LogP contribution is 2.35. The third-order valence-corrected chi connectivity index (χ3v) is 6.21. The number of methoxy groups -OCH3 is 1. The lowest BCUT2D eigenvalue weighted by Crippen LogP contribution is -2.44. The van der Waals surface area contributed by atoms with E-state index >= 15 is 0 Å². The SMILES string of the molecule is COc1ccc(CN2C(=O)[C@@H](C(C)C)CCCC(=O)C2c2cccs2)cc1. The second-order valence-electron chi connectivity index (χ2n) is 7.44. The fourth-order valence-electron chi connectivity index (χ4n) is 3.74. The number of ether oxygens (including phenoxy) is 1. The molecule has 4 nitrogen and oxygen atoms in total. The molecule has 0 bridgehead atoms. The fourth-order valence-corrected chi connectivity index (χ4v) is 4.60. The van der Waals surface area contributed by atoms with Crippen LogP contribution in [0.4, 0.5) is 0 Å². The highest BCUT2D eigenvalue weighted by Gasteiger charge is 2.38. The number of likely N-dealkylation sites (tertiary alicyclic amines) is 1. The lowest BCUT2D eigenvalue weighted by molar-refractivity contribution is -0.147. The summed E-state index contributed by atoms with van der Waals surface area (Å²) in [5.41, 5.74) is 1.00. The number of nitrogens with zero attached hydrogens (tertiary/aromatic N) is 1. The standard InChI is InChI=1S/C22H27NO3S/c1-15(2)18-6-4-7-19(24)21(20-8-5-13-27-20)23(22(18)25)14-16-9-11-17(26-3)12-10-16/h5,8-13,15,18,21H,4,6-7,14H2,1-3H3/t18-,21?/m1/s1. The summed E-state index contributed by atoms with van der Waals surface area (Å²) in [4.78, 5) is 29.2. The number of thiophene rings is 1. The van der Waals surface area contributed by atoms with Crippen LogP contribution in [0.15, 0.2) is 41.8 Å². The van der Waals surface area contributed by atoms with Gasteiger partial charge >= 0.3 is 0 Å². The minimum atomic E-state index is -0.485. The summed E-state index contributed by atoms with van der Waals surface area (Å²) >= 11 is 1.55. The minimum Gasteiger partial charge on any atom is -0.497 e. The average molecular weight is 386 g/mol. The number of ketones is 1. The van der Waals surface area contributed by atoms with Gasteiger partial charge < -0.3 is 9.64 Å². The Morgan fingerprint density at radius 1 is 1.19 bits per heavy atom. The third-order valence-electron chi connectivity index (χ3n) is 5.28. The Kier molecular flexibility index (Phi) is 6.32. The van der Waals surface area contributed by atoms with Gasteiger partial charge in [-0.05, 0) is 47.9 Å². The van der Waals surface area contributed by atoms with E-state index in [0.717, 1.165) is 29.0 Å². The summed E-state index contributed by atoms with van der Waals surface area (Å²) in [5, 5.41) is 1.97. The zero-order chi connectivity index (χ0) is 19.4. The van der Waals surface area contributed by atoms with Crippen molar-refractivity contribution in [1.29, 1.82) is 0 Å². The lowest BCUT2D eigenvalue weighted by Gasteiger charge is -2.36. The van der Waals surface area contributed by atoms with Gasteiger partial charge in [0.1, 0.15) is 11.8 Å². The molecule has 1 amide bonds. The fraction of sp³-hybridized carbons (Fsp3) is 0.455. The van der Waals surface area contributed by atoms with Crippen molar-refractivity contribution in [2.75, 3.05) is 7.11 Å². The molecule has 1 fully saturated rings. The van der Waals surface area contributed by atoms with Gasteiger partial charge in [-0.1, -0.05) is 32.0 Å². The largest absolute Gasteiger partial charge is 0.497 e. The van der Waals surface area contributed by atoms with Gasteiger partial charge in [-0.25, -0.2) is 0 Å². The molecule has 5 heteroatoms. The molecule has 2 aromatic rings. The number of carbonyl (C=O) groups is 2. The van der Waals surface area contributed by atoms with E-state index in [4.69, 9.17) is 4.74 Å². The maximum Gasteiger partial charge on any atom is 0.227 e. The van der Waals surface area contributed by atoms with Crippen LogP contribution in [0.5, 0.6) is 5.75 Å². The number of hydrogen-bond donors (Lipinski definition) is 0. The predicted molar refractivity (Wildman–Crippen MR) is 108 cm³/mol. The molecule has 1 unspecified atom stereocenters. The Morgan fingerprint density at radius 3 is 2.52 bits per heavy atom. The van der Waals surface area contributed by atoms with Crippen LogP contribution in [0.3, 0.4) is 0 Å². The van der Waals surface area contributed by atoms with E-state index in [-0.39, 0.29) is 23.5 Å². The van der Waals surface area contributed by atoms with E-state index in [1.165, 1.54) is 0 Å². The maximum atomic E-state index is 13.5. The first-order chi connectivity index (χ1) is 13.0. The topological polar surface area (TPSA) is 46.6 Å². The van der Waals surface area contributed by atoms with Crippen molar-refractivity contribution in [2.45, 2.75) is 45.7 Å². The molecule has 0 radical (unpaired) electrons. The molecule has 2 atom stereocenters. The van der Waals surface area contributed by atoms with E-state index < -0.39 is 6.04 Å². The van der Waals surface area contributed by atoms with Gasteiger partial charge in [0.15, 0.2) is 5.78 Å². The number of hydrogen-bond acceptors (Lipinski definition) is 4. The van der Waals surface area contributed by atoms with Crippen LogP contribution in [0.25, 0.3) is 0 Å². The van der Waals surface area contributed by atoms with E-state index in [0.29, 0.717) is 13.0 Å². The first-order valence-corrected chi connectivity index (χ1v) is 10.4. The number of benzene rings is 1. The number of amides is 1. The Labute approximate surface area is 165 Å². The summed E-state index contributed by atoms with van der Waals surface area (Å²) in [5.74, 6) is 1.23. The first kappa shape index (κ1) is 19.6. The normalized spacial score (nSPS) is 21.3. The molecular formula is C22H27NO3S. The second-order valence-corrected chi connectivity index (χ2v) is 8.42. The summed E-state index contributed by atoms with van der Waals surface area (Å²) in [6, 6.07) is 11.1. The van der Waals surface area contributed by atoms with Crippen LogP contribution in [0.2, 0.25) is 0 Å². The van der Waals surface area contributed by atoms with Crippen LogP contribution < -0.4 is 4.74 Å². The molecule has 0 saturated carbocycles. The Morgan fingerprint density at radius 2 is 1.93 bits per heavy atom. The van der Waals surface area contributed by atoms with Crippen molar-refractivity contribution < 1.29 is 14.3 Å². The van der Waals surface area contributed by atoms with Crippen molar-refractivity contribution in [3.63, 3.8) is 0 Å². The van der Waals surface area contributed by atoms with Crippen molar-refractivity contribution in [2.24, 2.45) is 11.8 Å². The van der Waals surface area contributed by atoms with Gasteiger partial charge in [-0.3, -0.25) is 9.59 Å². The van der Waals surface area contributed by atoms with E-state index in [9.17, 15) is 9.59 Å². The van der Waals surface area contributed by atoms with Gasteiger partial charge in [0, 0.05) is 23.8 Å². The highest BCUT2D eigenvalue weighted by atomic mass is 32.1. The van der Waals surface area contributed by atoms with Gasteiger partial charge in [-0.15, -0.1) is 11.3 Å². The molecule has 1 aromatic heterocycles. The monoisotopic (exact) mass is 385 g/mol. The summed E-state index contributed by atoms with van der Waals surface area (Å²) < 4.78 is 5.23. The summed E-state index contributed by atoms with van der Waals surface area (Å²) in [7, 11) is 1.63. The van der Waals surface area contributed by atoms with Gasteiger partial charge in [-0.2, -0.15) is 0 Å². The maximum absolute atomic E-state index is 13.5. The lowest BCUT2D eigenvalue weighted by atomic mass is 9.85. The molecule has 0 spiro atoms. The Hall–Kier alpha value is -2.14. The Bertz CT molecular complexity index is 767. The molecular weight excluding hydrogens is 358 g/mol. The molecule has 2 heterocycles. The van der Waals surface area contributed by atoms with Crippen LogP contribution in [-0.4, -0.2) is 23.7 Å². The van der Waals surface area contributed by atoms with Gasteiger partial charge in [0.2, 0.25) is 5.91 Å². The molecule has 27 heavy (non-hydrogen) atoms. The van der Waals surface area contributed by atoms with Crippen LogP contribution in [0, 0.1) is 11.8 Å². The Balaban J connectivity index is 1.98. The predicted octanol–water partition coefficient (Wildman–Crippen LogP) is 4.85. The molecule has 3 rings (SSSR count). The number of Topliss-reactive ketones (excluding diaryl/α,β-unsaturated/α-hetero) is 1. The van der Waals surface area contributed by atoms with Crippen LogP contribution in [-0.2, 0) is 16.1 Å². The minimum absolute atomic E-state index is 0.0428. The smallest absolute Gasteiger partial charge is 0.227 e. The first-order valence-electron chi connectivity index (χ1n) is 9.50. The zero-order valence-electron chi connectivity index (χ0n) is 16.2. The molecule has 1 aliphatic rings. The molecule has 0 N–H and O–H groups in total. The van der Waals surface area contributed by atoms with Crippen LogP contribution >= 0.6 is 11.3 Å². The average Bonchev–Trinajstić information content (AvgIpc) is 3.17. The molecule has 1 aromatic carbocycles. The number of rotatable bonds is 5.